The number of hydrogen-bond acceptors (Lipinski definition) is 12. The van der Waals surface area contributed by atoms with E-state index in [9.17, 15) is 14.4 Å². The van der Waals surface area contributed by atoms with Crippen molar-refractivity contribution in [2.24, 2.45) is 26.4 Å². The van der Waals surface area contributed by atoms with Crippen LogP contribution in [-0.4, -0.2) is 50.9 Å². The molecule has 0 aromatic heterocycles. The van der Waals surface area contributed by atoms with Crippen molar-refractivity contribution in [3.05, 3.63) is 120 Å². The summed E-state index contributed by atoms with van der Waals surface area (Å²) in [5.74, 6) is 1.15. The number of benzene rings is 4. The van der Waals surface area contributed by atoms with E-state index in [0.29, 0.717) is 67.0 Å². The van der Waals surface area contributed by atoms with Crippen LogP contribution in [0.25, 0.3) is 0 Å². The molecule has 0 amide bonds. The molecule has 4 aromatic rings. The number of carbonyl (C=O) groups is 3. The Bertz CT molecular complexity index is 2280. The van der Waals surface area contributed by atoms with Crippen molar-refractivity contribution in [3.63, 3.8) is 0 Å². The molecule has 0 N–H and O–H groups in total. The summed E-state index contributed by atoms with van der Waals surface area (Å²) in [6.45, 7) is 12.5. The predicted molar refractivity (Wildman–Crippen MR) is 316 cm³/mol. The summed E-state index contributed by atoms with van der Waals surface area (Å²) in [7, 11) is 0. The summed E-state index contributed by atoms with van der Waals surface area (Å²) in [6.07, 6.45) is 32.4. The molecule has 0 saturated heterocycles. The molecule has 0 aliphatic carbocycles. The second-order valence-corrected chi connectivity index (χ2v) is 20.8. The fourth-order valence-electron chi connectivity index (χ4n) is 8.88. The van der Waals surface area contributed by atoms with Gasteiger partial charge in [-0.25, -0.2) is 14.4 Å². The maximum atomic E-state index is 12.9. The van der Waals surface area contributed by atoms with Gasteiger partial charge in [0.05, 0.1) is 66.9 Å². The second-order valence-electron chi connectivity index (χ2n) is 20.8. The Morgan fingerprint density at radius 1 is 0.385 bits per heavy atom. The molecule has 0 saturated carbocycles. The van der Waals surface area contributed by atoms with E-state index in [-0.39, 0.29) is 17.9 Å². The van der Waals surface area contributed by atoms with Gasteiger partial charge in [-0.2, -0.15) is 20.5 Å². The minimum Gasteiger partial charge on any atom is -0.494 e. The molecule has 0 spiro atoms. The molecule has 0 aliphatic heterocycles. The summed E-state index contributed by atoms with van der Waals surface area (Å²) >= 11 is 0. The minimum atomic E-state index is -0.325. The van der Waals surface area contributed by atoms with Gasteiger partial charge in [0.1, 0.15) is 11.5 Å². The normalized spacial score (nSPS) is 11.7. The lowest BCUT2D eigenvalue weighted by Crippen LogP contribution is -2.15. The smallest absolute Gasteiger partial charge is 0.338 e. The first-order valence-electron chi connectivity index (χ1n) is 29.9. The highest BCUT2D eigenvalue weighted by molar-refractivity contribution is 5.90. The van der Waals surface area contributed by atoms with E-state index < -0.39 is 0 Å². The Hall–Kier alpha value is -6.17. The lowest BCUT2D eigenvalue weighted by atomic mass is 9.95. The number of esters is 3. The van der Waals surface area contributed by atoms with Gasteiger partial charge in [0.25, 0.3) is 0 Å². The summed E-state index contributed by atoms with van der Waals surface area (Å²) < 4.78 is 28.4. The van der Waals surface area contributed by atoms with E-state index in [2.05, 4.69) is 40.9 Å². The van der Waals surface area contributed by atoms with Gasteiger partial charge in [0, 0.05) is 5.57 Å². The molecule has 0 radical (unpaired) electrons. The highest BCUT2D eigenvalue weighted by Gasteiger charge is 2.14. The lowest BCUT2D eigenvalue weighted by Gasteiger charge is -2.17. The fourth-order valence-corrected chi connectivity index (χ4v) is 8.88. The van der Waals surface area contributed by atoms with Crippen LogP contribution in [0.3, 0.4) is 0 Å². The highest BCUT2D eigenvalue weighted by atomic mass is 16.5. The third kappa shape index (κ3) is 30.1. The van der Waals surface area contributed by atoms with Crippen LogP contribution in [0, 0.1) is 5.92 Å². The summed E-state index contributed by atoms with van der Waals surface area (Å²) in [5, 5.41) is 17.4. The number of ether oxygens (including phenoxy) is 5. The molecule has 0 fully saturated rings. The maximum Gasteiger partial charge on any atom is 0.338 e. The average Bonchev–Trinajstić information content (AvgIpc) is 3.46. The monoisotopic (exact) mass is 1070 g/mol. The van der Waals surface area contributed by atoms with E-state index in [0.717, 1.165) is 106 Å². The van der Waals surface area contributed by atoms with Gasteiger partial charge in [0.15, 0.2) is 0 Å². The molecule has 78 heavy (non-hydrogen) atoms. The zero-order chi connectivity index (χ0) is 55.5. The van der Waals surface area contributed by atoms with Crippen LogP contribution in [0.2, 0.25) is 0 Å². The Morgan fingerprint density at radius 2 is 0.692 bits per heavy atom. The van der Waals surface area contributed by atoms with Gasteiger partial charge < -0.3 is 23.7 Å². The topological polar surface area (TPSA) is 147 Å². The molecule has 0 aliphatic rings. The van der Waals surface area contributed by atoms with Gasteiger partial charge in [-0.05, 0) is 148 Å². The average molecular weight is 1070 g/mol. The SMILES string of the molecule is C=C(C)C(=O)OCCCCCCCCCCOc1ccc(N=Nc2ccc(C(=O)OCCCCCCCCCCOc3ccc(N=Nc4ccc(C(=O)OCC(CCCCCC)CCCCCCCC)cc4)cc3)cc2)cc1. The summed E-state index contributed by atoms with van der Waals surface area (Å²) in [4.78, 5) is 36.9. The minimum absolute atomic E-state index is 0.274. The van der Waals surface area contributed by atoms with Crippen molar-refractivity contribution in [2.75, 3.05) is 33.0 Å². The zero-order valence-corrected chi connectivity index (χ0v) is 47.9. The van der Waals surface area contributed by atoms with Crippen LogP contribution in [-0.2, 0) is 19.0 Å². The maximum absolute atomic E-state index is 12.9. The van der Waals surface area contributed by atoms with Crippen molar-refractivity contribution in [2.45, 2.75) is 201 Å². The van der Waals surface area contributed by atoms with Crippen molar-refractivity contribution >= 4 is 40.7 Å². The largest absolute Gasteiger partial charge is 0.494 e. The Labute approximate surface area is 468 Å². The van der Waals surface area contributed by atoms with E-state index in [1.54, 1.807) is 55.5 Å². The summed E-state index contributed by atoms with van der Waals surface area (Å²) in [6, 6.07) is 29.3. The van der Waals surface area contributed by atoms with Gasteiger partial charge >= 0.3 is 17.9 Å². The molecule has 4 rings (SSSR count). The quantitative estimate of drug-likeness (QED) is 0.0140. The number of unbranched alkanes of at least 4 members (excludes halogenated alkanes) is 22. The number of azo groups is 2. The Balaban J connectivity index is 0.964. The first-order chi connectivity index (χ1) is 38.2. The Kier molecular flexibility index (Phi) is 34.5. The van der Waals surface area contributed by atoms with Gasteiger partial charge in [-0.1, -0.05) is 162 Å². The van der Waals surface area contributed by atoms with Gasteiger partial charge in [0.2, 0.25) is 0 Å². The zero-order valence-electron chi connectivity index (χ0n) is 47.9. The van der Waals surface area contributed by atoms with Crippen LogP contribution in [0.4, 0.5) is 22.7 Å². The summed E-state index contributed by atoms with van der Waals surface area (Å²) in [5.41, 5.74) is 4.26. The van der Waals surface area contributed by atoms with Crippen LogP contribution in [0.5, 0.6) is 11.5 Å². The van der Waals surface area contributed by atoms with Crippen molar-refractivity contribution < 1.29 is 38.1 Å². The van der Waals surface area contributed by atoms with Crippen LogP contribution in [0.1, 0.15) is 221 Å². The van der Waals surface area contributed by atoms with Crippen LogP contribution in [0.15, 0.2) is 130 Å². The molecular formula is C66H94N4O8. The molecule has 4 aromatic carbocycles. The van der Waals surface area contributed by atoms with Gasteiger partial charge in [-0.3, -0.25) is 0 Å². The highest BCUT2D eigenvalue weighted by Crippen LogP contribution is 2.26. The molecule has 0 heterocycles. The fraction of sp³-hybridized carbons (Fsp3) is 0.561. The number of rotatable bonds is 45. The third-order valence-electron chi connectivity index (χ3n) is 13.8. The lowest BCUT2D eigenvalue weighted by molar-refractivity contribution is -0.139. The van der Waals surface area contributed by atoms with E-state index >= 15 is 0 Å². The molecule has 426 valence electrons. The first kappa shape index (κ1) is 64.4. The van der Waals surface area contributed by atoms with Crippen LogP contribution >= 0.6 is 0 Å². The number of hydrogen-bond donors (Lipinski definition) is 0. The van der Waals surface area contributed by atoms with E-state index in [1.807, 2.05) is 48.5 Å². The van der Waals surface area contributed by atoms with E-state index in [4.69, 9.17) is 23.7 Å². The molecule has 0 bridgehead atoms. The molecule has 1 unspecified atom stereocenters. The molecular weight excluding hydrogens is 977 g/mol. The van der Waals surface area contributed by atoms with Crippen molar-refractivity contribution in [3.8, 4) is 11.5 Å². The molecule has 12 heteroatoms. The number of carbonyl (C=O) groups excluding carboxylic acids is 3. The third-order valence-corrected chi connectivity index (χ3v) is 13.8. The molecule has 12 nitrogen and oxygen atoms in total. The predicted octanol–water partition coefficient (Wildman–Crippen LogP) is 20.0. The second kappa shape index (κ2) is 41.9. The van der Waals surface area contributed by atoms with Crippen molar-refractivity contribution in [1.82, 2.24) is 0 Å². The number of nitrogens with zero attached hydrogens (tertiary/aromatic N) is 4. The first-order valence-corrected chi connectivity index (χ1v) is 29.9. The Morgan fingerprint density at radius 3 is 1.08 bits per heavy atom. The van der Waals surface area contributed by atoms with E-state index in [1.165, 1.54) is 96.3 Å². The van der Waals surface area contributed by atoms with Crippen LogP contribution < -0.4 is 9.47 Å². The van der Waals surface area contributed by atoms with Crippen molar-refractivity contribution in [1.29, 1.82) is 0 Å². The standard InChI is InChI=1S/C66H94N4O8/c1-5-7-9-11-20-26-32-55(31-25-10-8-6-2)53-78-66(73)57-35-39-59(40-36-57)68-70-61-43-47-63(48-44-61)75-50-28-22-17-13-15-19-24-30-52-77-65(72)56-33-37-58(38-34-56)67-69-60-41-45-62(46-42-60)74-49-27-21-16-12-14-18-23-29-51-76-64(71)54(3)4/h33-48,55H,3,5-32,49-53H2,1-2,4H3. The van der Waals surface area contributed by atoms with Gasteiger partial charge in [-0.15, -0.1) is 0 Å². The molecule has 1 atom stereocenters.